The Hall–Kier alpha value is -2.23. The number of rotatable bonds is 5. The lowest BCUT2D eigenvalue weighted by atomic mass is 10.2. The molecule has 0 aromatic heterocycles. The predicted molar refractivity (Wildman–Crippen MR) is 80.7 cm³/mol. The summed E-state index contributed by atoms with van der Waals surface area (Å²) >= 11 is 0. The van der Waals surface area contributed by atoms with E-state index < -0.39 is 0 Å². The van der Waals surface area contributed by atoms with Crippen LogP contribution in [0.4, 0.5) is 15.8 Å². The number of anilines is 2. The summed E-state index contributed by atoms with van der Waals surface area (Å²) in [5.74, 6) is 0.555. The lowest BCUT2D eigenvalue weighted by molar-refractivity contribution is 0.332. The van der Waals surface area contributed by atoms with Gasteiger partial charge < -0.3 is 15.8 Å². The van der Waals surface area contributed by atoms with Crippen LogP contribution in [-0.2, 0) is 0 Å². The fourth-order valence-electron chi connectivity index (χ4n) is 1.91. The maximum absolute atomic E-state index is 13.3. The van der Waals surface area contributed by atoms with Gasteiger partial charge in [0.05, 0.1) is 11.4 Å². The molecule has 0 aliphatic rings. The fraction of sp³-hybridized carbons (Fsp3) is 0.250. The zero-order valence-corrected chi connectivity index (χ0v) is 11.7. The average Bonchev–Trinajstić information content (AvgIpc) is 2.40. The van der Waals surface area contributed by atoms with Gasteiger partial charge in [-0.3, -0.25) is 0 Å². The number of hydrogen-bond acceptors (Lipinski definition) is 3. The molecule has 0 spiro atoms. The van der Waals surface area contributed by atoms with Crippen LogP contribution in [0.25, 0.3) is 0 Å². The third kappa shape index (κ3) is 3.63. The van der Waals surface area contributed by atoms with Gasteiger partial charge in [0.1, 0.15) is 18.2 Å². The highest BCUT2D eigenvalue weighted by Crippen LogP contribution is 2.22. The number of nitrogens with one attached hydrogen (secondary N) is 1. The highest BCUT2D eigenvalue weighted by molar-refractivity contribution is 5.67. The molecule has 2 rings (SSSR count). The second-order valence-electron chi connectivity index (χ2n) is 4.78. The summed E-state index contributed by atoms with van der Waals surface area (Å²) < 4.78 is 18.9. The Morgan fingerprint density at radius 1 is 1.20 bits per heavy atom. The molecule has 20 heavy (non-hydrogen) atoms. The average molecular weight is 274 g/mol. The summed E-state index contributed by atoms with van der Waals surface area (Å²) in [4.78, 5) is 0. The SMILES string of the molecule is Cc1cccc(OCCNc2cc(C)c(F)cc2N)c1. The Kier molecular flexibility index (Phi) is 4.45. The molecule has 3 N–H and O–H groups in total. The molecule has 106 valence electrons. The van der Waals surface area contributed by atoms with Crippen molar-refractivity contribution in [1.82, 2.24) is 0 Å². The van der Waals surface area contributed by atoms with Crippen LogP contribution in [0.3, 0.4) is 0 Å². The van der Waals surface area contributed by atoms with Crippen molar-refractivity contribution in [2.45, 2.75) is 13.8 Å². The fourth-order valence-corrected chi connectivity index (χ4v) is 1.91. The molecule has 2 aromatic carbocycles. The Bertz CT molecular complexity index is 599. The molecule has 0 amide bonds. The molecule has 0 heterocycles. The van der Waals surface area contributed by atoms with E-state index in [9.17, 15) is 4.39 Å². The summed E-state index contributed by atoms with van der Waals surface area (Å²) in [6.45, 7) is 4.85. The zero-order valence-electron chi connectivity index (χ0n) is 11.7. The number of aryl methyl sites for hydroxylation is 2. The molecule has 4 heteroatoms. The molecule has 0 radical (unpaired) electrons. The number of nitrogens with two attached hydrogens (primary N) is 1. The van der Waals surface area contributed by atoms with E-state index in [1.807, 2.05) is 31.2 Å². The normalized spacial score (nSPS) is 10.3. The van der Waals surface area contributed by atoms with Gasteiger partial charge in [0.15, 0.2) is 0 Å². The molecular weight excluding hydrogens is 255 g/mol. The number of halogens is 1. The monoisotopic (exact) mass is 274 g/mol. The van der Waals surface area contributed by atoms with E-state index in [0.29, 0.717) is 24.4 Å². The Balaban J connectivity index is 1.86. The third-order valence-corrected chi connectivity index (χ3v) is 3.01. The standard InChI is InChI=1S/C16H19FN2O/c1-11-4-3-5-13(8-11)20-7-6-19-16-9-12(2)14(17)10-15(16)18/h3-5,8-10,19H,6-7,18H2,1-2H3. The first-order chi connectivity index (χ1) is 9.56. The van der Waals surface area contributed by atoms with E-state index in [1.54, 1.807) is 13.0 Å². The van der Waals surface area contributed by atoms with Crippen molar-refractivity contribution in [3.8, 4) is 5.75 Å². The van der Waals surface area contributed by atoms with Crippen LogP contribution >= 0.6 is 0 Å². The molecule has 0 bridgehead atoms. The van der Waals surface area contributed by atoms with E-state index in [2.05, 4.69) is 5.32 Å². The second kappa shape index (κ2) is 6.28. The highest BCUT2D eigenvalue weighted by atomic mass is 19.1. The molecule has 2 aromatic rings. The van der Waals surface area contributed by atoms with Crippen LogP contribution in [0, 0.1) is 19.7 Å². The van der Waals surface area contributed by atoms with Crippen LogP contribution in [0.5, 0.6) is 5.75 Å². The topological polar surface area (TPSA) is 47.3 Å². The first-order valence-corrected chi connectivity index (χ1v) is 6.55. The Labute approximate surface area is 118 Å². The third-order valence-electron chi connectivity index (χ3n) is 3.01. The minimum atomic E-state index is -0.288. The quantitative estimate of drug-likeness (QED) is 0.648. The zero-order chi connectivity index (χ0) is 14.5. The summed E-state index contributed by atoms with van der Waals surface area (Å²) in [5, 5.41) is 3.15. The first-order valence-electron chi connectivity index (χ1n) is 6.55. The molecule has 0 aliphatic heterocycles. The minimum absolute atomic E-state index is 0.288. The lowest BCUT2D eigenvalue weighted by Crippen LogP contribution is -2.13. The summed E-state index contributed by atoms with van der Waals surface area (Å²) in [7, 11) is 0. The van der Waals surface area contributed by atoms with Gasteiger partial charge in [-0.1, -0.05) is 12.1 Å². The summed E-state index contributed by atoms with van der Waals surface area (Å²) in [5.41, 5.74) is 8.63. The molecule has 0 fully saturated rings. The van der Waals surface area contributed by atoms with Gasteiger partial charge >= 0.3 is 0 Å². The van der Waals surface area contributed by atoms with Crippen LogP contribution in [0.1, 0.15) is 11.1 Å². The van der Waals surface area contributed by atoms with Crippen molar-refractivity contribution in [1.29, 1.82) is 0 Å². The van der Waals surface area contributed by atoms with Gasteiger partial charge in [0, 0.05) is 6.54 Å². The van der Waals surface area contributed by atoms with Crippen LogP contribution < -0.4 is 15.8 Å². The molecule has 0 aliphatic carbocycles. The molecular formula is C16H19FN2O. The Morgan fingerprint density at radius 2 is 2.00 bits per heavy atom. The predicted octanol–water partition coefficient (Wildman–Crippen LogP) is 3.52. The largest absolute Gasteiger partial charge is 0.492 e. The number of nitrogen functional groups attached to an aromatic ring is 1. The van der Waals surface area contributed by atoms with Crippen LogP contribution in [0.15, 0.2) is 36.4 Å². The number of hydrogen-bond donors (Lipinski definition) is 2. The Morgan fingerprint density at radius 3 is 2.75 bits per heavy atom. The number of benzene rings is 2. The van der Waals surface area contributed by atoms with Gasteiger partial charge in [-0.25, -0.2) is 4.39 Å². The van der Waals surface area contributed by atoms with Crippen molar-refractivity contribution in [2.24, 2.45) is 0 Å². The van der Waals surface area contributed by atoms with E-state index >= 15 is 0 Å². The second-order valence-corrected chi connectivity index (χ2v) is 4.78. The minimum Gasteiger partial charge on any atom is -0.492 e. The van der Waals surface area contributed by atoms with Gasteiger partial charge in [0.2, 0.25) is 0 Å². The van der Waals surface area contributed by atoms with Gasteiger partial charge in [-0.2, -0.15) is 0 Å². The molecule has 0 unspecified atom stereocenters. The summed E-state index contributed by atoms with van der Waals surface area (Å²) in [6, 6.07) is 10.9. The van der Waals surface area contributed by atoms with Crippen molar-refractivity contribution >= 4 is 11.4 Å². The van der Waals surface area contributed by atoms with Crippen molar-refractivity contribution in [2.75, 3.05) is 24.2 Å². The highest BCUT2D eigenvalue weighted by Gasteiger charge is 2.04. The molecule has 3 nitrogen and oxygen atoms in total. The molecule has 0 atom stereocenters. The van der Waals surface area contributed by atoms with Crippen molar-refractivity contribution < 1.29 is 9.13 Å². The maximum atomic E-state index is 13.3. The van der Waals surface area contributed by atoms with Crippen molar-refractivity contribution in [3.63, 3.8) is 0 Å². The van der Waals surface area contributed by atoms with E-state index in [1.165, 1.54) is 6.07 Å². The smallest absolute Gasteiger partial charge is 0.128 e. The molecule has 0 saturated carbocycles. The van der Waals surface area contributed by atoms with Crippen LogP contribution in [0.2, 0.25) is 0 Å². The van der Waals surface area contributed by atoms with E-state index in [0.717, 1.165) is 17.0 Å². The maximum Gasteiger partial charge on any atom is 0.128 e. The van der Waals surface area contributed by atoms with Gasteiger partial charge in [0.25, 0.3) is 0 Å². The van der Waals surface area contributed by atoms with Gasteiger partial charge in [-0.05, 0) is 49.2 Å². The van der Waals surface area contributed by atoms with Gasteiger partial charge in [-0.15, -0.1) is 0 Å². The summed E-state index contributed by atoms with van der Waals surface area (Å²) in [6.07, 6.45) is 0. The number of ether oxygens (including phenoxy) is 1. The lowest BCUT2D eigenvalue weighted by Gasteiger charge is -2.12. The molecule has 0 saturated heterocycles. The van der Waals surface area contributed by atoms with E-state index in [4.69, 9.17) is 10.5 Å². The van der Waals surface area contributed by atoms with Crippen molar-refractivity contribution in [3.05, 3.63) is 53.3 Å². The first kappa shape index (κ1) is 14.2. The van der Waals surface area contributed by atoms with Crippen LogP contribution in [-0.4, -0.2) is 13.2 Å². The van der Waals surface area contributed by atoms with E-state index in [-0.39, 0.29) is 5.82 Å².